The molecule has 1 aliphatic heterocycles. The predicted octanol–water partition coefficient (Wildman–Crippen LogP) is 1.96. The van der Waals surface area contributed by atoms with E-state index in [1.165, 1.54) is 12.8 Å². The van der Waals surface area contributed by atoms with Crippen LogP contribution < -0.4 is 4.90 Å². The summed E-state index contributed by atoms with van der Waals surface area (Å²) in [6, 6.07) is 5.74. The molecule has 1 aromatic heterocycles. The molecule has 0 saturated carbocycles. The van der Waals surface area contributed by atoms with Crippen molar-refractivity contribution in [3.8, 4) is 6.07 Å². The summed E-state index contributed by atoms with van der Waals surface area (Å²) in [5.74, 6) is 0.887. The number of hydrogen-bond acceptors (Lipinski definition) is 4. The molecule has 1 fully saturated rings. The molecule has 1 aromatic rings. The molecule has 4 heteroatoms. The summed E-state index contributed by atoms with van der Waals surface area (Å²) in [5, 5.41) is 8.70. The van der Waals surface area contributed by atoms with Crippen molar-refractivity contribution in [3.63, 3.8) is 0 Å². The summed E-state index contributed by atoms with van der Waals surface area (Å²) in [6.45, 7) is 1.73. The topological polar surface area (TPSA) is 49.1 Å². The molecule has 17 heavy (non-hydrogen) atoms. The molecule has 1 aliphatic rings. The van der Waals surface area contributed by atoms with Crippen molar-refractivity contribution >= 4 is 5.82 Å². The van der Waals surface area contributed by atoms with Gasteiger partial charge in [-0.15, -0.1) is 0 Å². The van der Waals surface area contributed by atoms with E-state index in [1.807, 2.05) is 13.1 Å². The highest BCUT2D eigenvalue weighted by atomic mass is 16.5. The van der Waals surface area contributed by atoms with Crippen molar-refractivity contribution in [2.24, 2.45) is 0 Å². The molecule has 0 bridgehead atoms. The maximum absolute atomic E-state index is 8.70. The van der Waals surface area contributed by atoms with Crippen molar-refractivity contribution in [3.05, 3.63) is 23.9 Å². The molecule has 1 saturated heterocycles. The Balaban J connectivity index is 1.94. The molecule has 0 aliphatic carbocycles. The zero-order valence-corrected chi connectivity index (χ0v) is 10.1. The van der Waals surface area contributed by atoms with Crippen LogP contribution in [0.2, 0.25) is 0 Å². The van der Waals surface area contributed by atoms with E-state index in [4.69, 9.17) is 10.00 Å². The lowest BCUT2D eigenvalue weighted by Gasteiger charge is -2.27. The predicted molar refractivity (Wildman–Crippen MR) is 65.8 cm³/mol. The van der Waals surface area contributed by atoms with Crippen molar-refractivity contribution in [1.82, 2.24) is 4.98 Å². The highest BCUT2D eigenvalue weighted by Gasteiger charge is 2.16. The molecule has 0 radical (unpaired) electrons. The van der Waals surface area contributed by atoms with Crippen molar-refractivity contribution < 1.29 is 4.74 Å². The van der Waals surface area contributed by atoms with Gasteiger partial charge in [-0.05, 0) is 31.4 Å². The van der Waals surface area contributed by atoms with Gasteiger partial charge in [0.15, 0.2) is 0 Å². The molecule has 2 heterocycles. The summed E-state index contributed by atoms with van der Waals surface area (Å²) in [7, 11) is 2.01. The number of ether oxygens (including phenoxy) is 1. The second-order valence-electron chi connectivity index (χ2n) is 4.39. The second kappa shape index (κ2) is 5.65. The Hall–Kier alpha value is -1.60. The molecule has 1 unspecified atom stereocenters. The van der Waals surface area contributed by atoms with Crippen molar-refractivity contribution in [1.29, 1.82) is 5.26 Å². The van der Waals surface area contributed by atoms with E-state index in [2.05, 4.69) is 16.0 Å². The van der Waals surface area contributed by atoms with Crippen LogP contribution in [-0.2, 0) is 4.74 Å². The minimum absolute atomic E-state index is 0.311. The van der Waals surface area contributed by atoms with Gasteiger partial charge < -0.3 is 9.64 Å². The third-order valence-electron chi connectivity index (χ3n) is 3.02. The Morgan fingerprint density at radius 3 is 3.00 bits per heavy atom. The van der Waals surface area contributed by atoms with Gasteiger partial charge in [-0.1, -0.05) is 0 Å². The molecular formula is C13H17N3O. The zero-order valence-electron chi connectivity index (χ0n) is 10.1. The van der Waals surface area contributed by atoms with Gasteiger partial charge in [0.25, 0.3) is 0 Å². The van der Waals surface area contributed by atoms with E-state index in [0.717, 1.165) is 25.4 Å². The Morgan fingerprint density at radius 1 is 1.53 bits per heavy atom. The van der Waals surface area contributed by atoms with Crippen LogP contribution >= 0.6 is 0 Å². The first-order valence-corrected chi connectivity index (χ1v) is 5.98. The van der Waals surface area contributed by atoms with Gasteiger partial charge in [-0.3, -0.25) is 0 Å². The molecular weight excluding hydrogens is 214 g/mol. The van der Waals surface area contributed by atoms with Crippen LogP contribution in [0.3, 0.4) is 0 Å². The van der Waals surface area contributed by atoms with Gasteiger partial charge in [0.1, 0.15) is 11.9 Å². The minimum Gasteiger partial charge on any atom is -0.376 e. The van der Waals surface area contributed by atoms with Crippen molar-refractivity contribution in [2.45, 2.75) is 25.4 Å². The van der Waals surface area contributed by atoms with E-state index in [9.17, 15) is 0 Å². The summed E-state index contributed by atoms with van der Waals surface area (Å²) in [5.41, 5.74) is 0.594. The molecule has 4 nitrogen and oxygen atoms in total. The normalized spacial score (nSPS) is 19.6. The maximum atomic E-state index is 8.70. The largest absolute Gasteiger partial charge is 0.376 e. The van der Waals surface area contributed by atoms with Crippen molar-refractivity contribution in [2.75, 3.05) is 25.1 Å². The fourth-order valence-corrected chi connectivity index (χ4v) is 2.03. The molecule has 0 N–H and O–H groups in total. The summed E-state index contributed by atoms with van der Waals surface area (Å²) in [6.07, 6.45) is 5.47. The number of aromatic nitrogens is 1. The fourth-order valence-electron chi connectivity index (χ4n) is 2.03. The number of rotatable bonds is 3. The Kier molecular flexibility index (Phi) is 3.94. The van der Waals surface area contributed by atoms with Gasteiger partial charge in [-0.25, -0.2) is 4.98 Å². The Labute approximate surface area is 102 Å². The second-order valence-corrected chi connectivity index (χ2v) is 4.39. The molecule has 90 valence electrons. The third-order valence-corrected chi connectivity index (χ3v) is 3.02. The number of hydrogen-bond donors (Lipinski definition) is 0. The lowest BCUT2D eigenvalue weighted by Crippen LogP contribution is -2.33. The molecule has 2 rings (SSSR count). The molecule has 0 spiro atoms. The quantitative estimate of drug-likeness (QED) is 0.798. The standard InChI is InChI=1S/C13H17N3O/c1-16(10-12-4-2-3-7-17-12)13-6-5-11(8-14)9-15-13/h5-6,9,12H,2-4,7,10H2,1H3. The van der Waals surface area contributed by atoms with Gasteiger partial charge in [0.05, 0.1) is 11.7 Å². The first-order chi connectivity index (χ1) is 8.29. The first-order valence-electron chi connectivity index (χ1n) is 5.98. The lowest BCUT2D eigenvalue weighted by molar-refractivity contribution is 0.0215. The average molecular weight is 231 g/mol. The van der Waals surface area contributed by atoms with E-state index in [0.29, 0.717) is 11.7 Å². The average Bonchev–Trinajstić information content (AvgIpc) is 2.40. The number of nitriles is 1. The highest BCUT2D eigenvalue weighted by Crippen LogP contribution is 2.16. The summed E-state index contributed by atoms with van der Waals surface area (Å²) >= 11 is 0. The van der Waals surface area contributed by atoms with Gasteiger partial charge in [0, 0.05) is 26.4 Å². The van der Waals surface area contributed by atoms with Crippen LogP contribution in [0, 0.1) is 11.3 Å². The van der Waals surface area contributed by atoms with Crippen LogP contribution in [0.15, 0.2) is 18.3 Å². The van der Waals surface area contributed by atoms with Crippen LogP contribution in [0.1, 0.15) is 24.8 Å². The summed E-state index contributed by atoms with van der Waals surface area (Å²) in [4.78, 5) is 6.34. The van der Waals surface area contributed by atoms with Crippen LogP contribution in [-0.4, -0.2) is 31.3 Å². The maximum Gasteiger partial charge on any atom is 0.128 e. The smallest absolute Gasteiger partial charge is 0.128 e. The van der Waals surface area contributed by atoms with Crippen LogP contribution in [0.25, 0.3) is 0 Å². The van der Waals surface area contributed by atoms with Gasteiger partial charge >= 0.3 is 0 Å². The molecule has 0 amide bonds. The SMILES string of the molecule is CN(CC1CCCCO1)c1ccc(C#N)cn1. The zero-order chi connectivity index (χ0) is 12.1. The van der Waals surface area contributed by atoms with E-state index < -0.39 is 0 Å². The Bertz CT molecular complexity index is 390. The number of pyridine rings is 1. The van der Waals surface area contributed by atoms with Crippen LogP contribution in [0.4, 0.5) is 5.82 Å². The van der Waals surface area contributed by atoms with E-state index in [1.54, 1.807) is 12.3 Å². The molecule has 0 aromatic carbocycles. The lowest BCUT2D eigenvalue weighted by atomic mass is 10.1. The highest BCUT2D eigenvalue weighted by molar-refractivity contribution is 5.41. The Morgan fingerprint density at radius 2 is 2.41 bits per heavy atom. The fraction of sp³-hybridized carbons (Fsp3) is 0.538. The first kappa shape index (κ1) is 11.9. The number of likely N-dealkylation sites (N-methyl/N-ethyl adjacent to an activating group) is 1. The molecule has 1 atom stereocenters. The summed E-state index contributed by atoms with van der Waals surface area (Å²) < 4.78 is 5.69. The third kappa shape index (κ3) is 3.18. The van der Waals surface area contributed by atoms with Gasteiger partial charge in [-0.2, -0.15) is 5.26 Å². The monoisotopic (exact) mass is 231 g/mol. The van der Waals surface area contributed by atoms with E-state index in [-0.39, 0.29) is 0 Å². The van der Waals surface area contributed by atoms with Gasteiger partial charge in [0.2, 0.25) is 0 Å². The number of nitrogens with zero attached hydrogens (tertiary/aromatic N) is 3. The van der Waals surface area contributed by atoms with Crippen LogP contribution in [0.5, 0.6) is 0 Å². The minimum atomic E-state index is 0.311. The van der Waals surface area contributed by atoms with E-state index >= 15 is 0 Å². The number of anilines is 1.